The molecule has 2 aromatic rings. The van der Waals surface area contributed by atoms with E-state index in [0.29, 0.717) is 6.42 Å². The third-order valence-corrected chi connectivity index (χ3v) is 3.99. The Morgan fingerprint density at radius 3 is 2.27 bits per heavy atom. The first-order valence-electron chi connectivity index (χ1n) is 7.68. The van der Waals surface area contributed by atoms with Gasteiger partial charge in [-0.25, -0.2) is 9.97 Å². The molecule has 22 heavy (non-hydrogen) atoms. The molecule has 3 rings (SSSR count). The second-order valence-corrected chi connectivity index (χ2v) is 5.34. The quantitative estimate of drug-likeness (QED) is 0.871. The number of anilines is 1. The summed E-state index contributed by atoms with van der Waals surface area (Å²) in [6, 6.07) is 10.1. The highest BCUT2D eigenvalue weighted by Gasteiger charge is 2.20. The van der Waals surface area contributed by atoms with Gasteiger partial charge in [0.25, 0.3) is 0 Å². The van der Waals surface area contributed by atoms with E-state index < -0.39 is 0 Å². The van der Waals surface area contributed by atoms with Crippen molar-refractivity contribution in [3.63, 3.8) is 0 Å². The second-order valence-electron chi connectivity index (χ2n) is 5.34. The minimum atomic E-state index is 0.247. The highest BCUT2D eigenvalue weighted by molar-refractivity contribution is 5.76. The lowest BCUT2D eigenvalue weighted by Crippen LogP contribution is -2.48. The highest BCUT2D eigenvalue weighted by atomic mass is 16.2. The maximum absolute atomic E-state index is 11.7. The summed E-state index contributed by atoms with van der Waals surface area (Å²) in [4.78, 5) is 24.5. The summed E-state index contributed by atoms with van der Waals surface area (Å²) in [5.41, 5.74) is 2.20. The van der Waals surface area contributed by atoms with Crippen molar-refractivity contribution < 1.29 is 4.79 Å². The second kappa shape index (κ2) is 6.56. The van der Waals surface area contributed by atoms with E-state index in [9.17, 15) is 4.79 Å². The molecule has 0 aliphatic carbocycles. The fraction of sp³-hybridized carbons (Fsp3) is 0.353. The number of carbonyl (C=O) groups excluding carboxylic acids is 1. The predicted molar refractivity (Wildman–Crippen MR) is 86.6 cm³/mol. The number of hydrogen-bond donors (Lipinski definition) is 0. The Morgan fingerprint density at radius 2 is 1.68 bits per heavy atom. The first-order valence-corrected chi connectivity index (χ1v) is 7.68. The van der Waals surface area contributed by atoms with Crippen LogP contribution in [-0.2, 0) is 4.79 Å². The van der Waals surface area contributed by atoms with E-state index in [1.54, 1.807) is 12.4 Å². The van der Waals surface area contributed by atoms with Crippen molar-refractivity contribution in [2.24, 2.45) is 0 Å². The SMILES string of the molecule is CCC(=O)N1CCN(c2ccc(-c3ncccn3)cc2)CC1. The Hall–Kier alpha value is -2.43. The molecule has 0 saturated carbocycles. The number of benzene rings is 1. The molecule has 0 radical (unpaired) electrons. The van der Waals surface area contributed by atoms with Crippen LogP contribution in [0.25, 0.3) is 11.4 Å². The lowest BCUT2D eigenvalue weighted by Gasteiger charge is -2.36. The molecule has 2 heterocycles. The molecular weight excluding hydrogens is 276 g/mol. The average molecular weight is 296 g/mol. The standard InChI is InChI=1S/C17H20N4O/c1-2-16(22)21-12-10-20(11-13-21)15-6-4-14(5-7-15)17-18-8-3-9-19-17/h3-9H,2,10-13H2,1H3. The molecule has 1 aliphatic rings. The molecule has 1 aromatic carbocycles. The summed E-state index contributed by atoms with van der Waals surface area (Å²) in [5, 5.41) is 0. The highest BCUT2D eigenvalue weighted by Crippen LogP contribution is 2.21. The summed E-state index contributed by atoms with van der Waals surface area (Å²) in [7, 11) is 0. The van der Waals surface area contributed by atoms with Gasteiger partial charge in [-0.05, 0) is 30.3 Å². The number of carbonyl (C=O) groups is 1. The van der Waals surface area contributed by atoms with Gasteiger partial charge in [0.05, 0.1) is 0 Å². The third-order valence-electron chi connectivity index (χ3n) is 3.99. The molecule has 1 fully saturated rings. The molecule has 0 N–H and O–H groups in total. The Labute approximate surface area is 130 Å². The van der Waals surface area contributed by atoms with Crippen molar-refractivity contribution in [2.75, 3.05) is 31.1 Å². The Kier molecular flexibility index (Phi) is 4.32. The van der Waals surface area contributed by atoms with E-state index in [1.165, 1.54) is 5.69 Å². The lowest BCUT2D eigenvalue weighted by molar-refractivity contribution is -0.131. The van der Waals surface area contributed by atoms with Gasteiger partial charge in [0.15, 0.2) is 5.82 Å². The van der Waals surface area contributed by atoms with Crippen molar-refractivity contribution in [3.8, 4) is 11.4 Å². The smallest absolute Gasteiger partial charge is 0.222 e. The topological polar surface area (TPSA) is 49.3 Å². The average Bonchev–Trinajstić information content (AvgIpc) is 2.62. The van der Waals surface area contributed by atoms with Crippen LogP contribution in [0.1, 0.15) is 13.3 Å². The summed E-state index contributed by atoms with van der Waals surface area (Å²) >= 11 is 0. The zero-order valence-electron chi connectivity index (χ0n) is 12.8. The number of piperazine rings is 1. The van der Waals surface area contributed by atoms with Gasteiger partial charge in [-0.15, -0.1) is 0 Å². The molecule has 5 nitrogen and oxygen atoms in total. The number of aromatic nitrogens is 2. The molecule has 0 unspecified atom stereocenters. The maximum Gasteiger partial charge on any atom is 0.222 e. The van der Waals surface area contributed by atoms with Crippen molar-refractivity contribution in [1.82, 2.24) is 14.9 Å². The van der Waals surface area contributed by atoms with Crippen LogP contribution in [0.3, 0.4) is 0 Å². The Morgan fingerprint density at radius 1 is 1.05 bits per heavy atom. The van der Waals surface area contributed by atoms with E-state index >= 15 is 0 Å². The van der Waals surface area contributed by atoms with Gasteiger partial charge in [-0.3, -0.25) is 4.79 Å². The third kappa shape index (κ3) is 3.08. The Bertz CT molecular complexity index is 619. The summed E-state index contributed by atoms with van der Waals surface area (Å²) in [6.07, 6.45) is 4.09. The number of amides is 1. The zero-order chi connectivity index (χ0) is 15.4. The number of hydrogen-bond acceptors (Lipinski definition) is 4. The molecule has 114 valence electrons. The van der Waals surface area contributed by atoms with E-state index in [2.05, 4.69) is 27.0 Å². The van der Waals surface area contributed by atoms with Gasteiger partial charge in [0, 0.05) is 56.2 Å². The van der Waals surface area contributed by atoms with Gasteiger partial charge in [0.2, 0.25) is 5.91 Å². The number of rotatable bonds is 3. The van der Waals surface area contributed by atoms with Crippen molar-refractivity contribution in [2.45, 2.75) is 13.3 Å². The first-order chi connectivity index (χ1) is 10.8. The van der Waals surface area contributed by atoms with E-state index in [-0.39, 0.29) is 5.91 Å². The molecular formula is C17H20N4O. The van der Waals surface area contributed by atoms with Crippen LogP contribution in [-0.4, -0.2) is 47.0 Å². The molecule has 1 aromatic heterocycles. The van der Waals surface area contributed by atoms with Gasteiger partial charge >= 0.3 is 0 Å². The van der Waals surface area contributed by atoms with Crippen molar-refractivity contribution in [3.05, 3.63) is 42.7 Å². The Balaban J connectivity index is 1.66. The van der Waals surface area contributed by atoms with Crippen molar-refractivity contribution in [1.29, 1.82) is 0 Å². The van der Waals surface area contributed by atoms with Crippen LogP contribution in [0, 0.1) is 0 Å². The molecule has 1 saturated heterocycles. The van der Waals surface area contributed by atoms with Gasteiger partial charge in [0.1, 0.15) is 0 Å². The first kappa shape index (κ1) is 14.5. The van der Waals surface area contributed by atoms with E-state index in [1.807, 2.05) is 30.0 Å². The van der Waals surface area contributed by atoms with Crippen LogP contribution in [0.5, 0.6) is 0 Å². The monoisotopic (exact) mass is 296 g/mol. The molecule has 1 amide bonds. The van der Waals surface area contributed by atoms with Gasteiger partial charge < -0.3 is 9.80 Å². The summed E-state index contributed by atoms with van der Waals surface area (Å²) in [5.74, 6) is 0.989. The molecule has 0 atom stereocenters. The van der Waals surface area contributed by atoms with Crippen LogP contribution < -0.4 is 4.90 Å². The minimum Gasteiger partial charge on any atom is -0.368 e. The predicted octanol–water partition coefficient (Wildman–Crippen LogP) is 2.20. The fourth-order valence-electron chi connectivity index (χ4n) is 2.71. The molecule has 0 bridgehead atoms. The molecule has 0 spiro atoms. The summed E-state index contributed by atoms with van der Waals surface area (Å²) in [6.45, 7) is 5.28. The lowest BCUT2D eigenvalue weighted by atomic mass is 10.1. The van der Waals surface area contributed by atoms with Crippen LogP contribution in [0.2, 0.25) is 0 Å². The van der Waals surface area contributed by atoms with Crippen LogP contribution in [0.15, 0.2) is 42.7 Å². The van der Waals surface area contributed by atoms with Gasteiger partial charge in [-0.2, -0.15) is 0 Å². The molecule has 5 heteroatoms. The maximum atomic E-state index is 11.7. The fourth-order valence-corrected chi connectivity index (χ4v) is 2.71. The zero-order valence-corrected chi connectivity index (χ0v) is 12.8. The van der Waals surface area contributed by atoms with Gasteiger partial charge in [-0.1, -0.05) is 6.92 Å². The normalized spacial score (nSPS) is 15.0. The van der Waals surface area contributed by atoms with E-state index in [0.717, 1.165) is 37.6 Å². The number of nitrogens with zero attached hydrogens (tertiary/aromatic N) is 4. The largest absolute Gasteiger partial charge is 0.368 e. The van der Waals surface area contributed by atoms with Crippen LogP contribution >= 0.6 is 0 Å². The molecule has 1 aliphatic heterocycles. The van der Waals surface area contributed by atoms with Crippen molar-refractivity contribution >= 4 is 11.6 Å². The summed E-state index contributed by atoms with van der Waals surface area (Å²) < 4.78 is 0. The van der Waals surface area contributed by atoms with Crippen LogP contribution in [0.4, 0.5) is 5.69 Å². The van der Waals surface area contributed by atoms with E-state index in [4.69, 9.17) is 0 Å². The minimum absolute atomic E-state index is 0.247.